The Morgan fingerprint density at radius 2 is 1.84 bits per heavy atom. The molecule has 1 aromatic carbocycles. The van der Waals surface area contributed by atoms with Crippen molar-refractivity contribution in [1.82, 2.24) is 19.5 Å². The van der Waals surface area contributed by atoms with Gasteiger partial charge in [0.1, 0.15) is 5.69 Å². The van der Waals surface area contributed by atoms with Gasteiger partial charge in [0.05, 0.1) is 21.3 Å². The predicted octanol–water partition coefficient (Wildman–Crippen LogP) is 6.06. The third-order valence-electron chi connectivity index (χ3n) is 6.59. The Labute approximate surface area is 220 Å². The molecule has 0 atom stereocenters. The highest BCUT2D eigenvalue weighted by Crippen LogP contribution is 2.37. The minimum absolute atomic E-state index is 0.0389. The summed E-state index contributed by atoms with van der Waals surface area (Å²) < 4.78 is 40.8. The van der Waals surface area contributed by atoms with E-state index in [0.29, 0.717) is 37.2 Å². The molecule has 1 aliphatic rings. The fourth-order valence-corrected chi connectivity index (χ4v) is 5.21. The van der Waals surface area contributed by atoms with Gasteiger partial charge in [-0.05, 0) is 56.4 Å². The number of carbonyl (C=O) groups is 2. The van der Waals surface area contributed by atoms with Crippen LogP contribution in [0, 0.1) is 19.8 Å². The summed E-state index contributed by atoms with van der Waals surface area (Å²) in [4.78, 5) is 30.8. The second-order valence-electron chi connectivity index (χ2n) is 9.08. The number of rotatable bonds is 6. The highest BCUT2D eigenvalue weighted by molar-refractivity contribution is 6.42. The maximum atomic E-state index is 13.6. The van der Waals surface area contributed by atoms with Crippen LogP contribution in [0.3, 0.4) is 0 Å². The van der Waals surface area contributed by atoms with Gasteiger partial charge in [-0.3, -0.25) is 9.59 Å². The number of aromatic nitrogens is 3. The molecule has 3 heterocycles. The Balaban J connectivity index is 1.68. The number of alkyl halides is 3. The number of carbonyl (C=O) groups excluding carboxylic acids is 1. The molecule has 7 nitrogen and oxygen atoms in total. The molecule has 3 aromatic rings. The van der Waals surface area contributed by atoms with Crippen molar-refractivity contribution in [2.75, 3.05) is 13.1 Å². The number of carboxylic acids is 1. The van der Waals surface area contributed by atoms with E-state index < -0.39 is 23.6 Å². The van der Waals surface area contributed by atoms with Gasteiger partial charge >= 0.3 is 12.1 Å². The van der Waals surface area contributed by atoms with E-state index in [2.05, 4.69) is 16.7 Å². The summed E-state index contributed by atoms with van der Waals surface area (Å²) in [5.41, 5.74) is 0.217. The number of fused-ring (bicyclic) bond motifs is 1. The number of aliphatic carboxylic acids is 1. The number of hydrogen-bond donors (Lipinski definition) is 1. The van der Waals surface area contributed by atoms with Gasteiger partial charge in [-0.2, -0.15) is 18.3 Å². The Morgan fingerprint density at radius 3 is 2.43 bits per heavy atom. The van der Waals surface area contributed by atoms with Gasteiger partial charge in [-0.1, -0.05) is 29.8 Å². The van der Waals surface area contributed by atoms with E-state index in [1.54, 1.807) is 6.07 Å². The fraction of sp³-hybridized carbons (Fsp3) is 0.360. The summed E-state index contributed by atoms with van der Waals surface area (Å²) in [7, 11) is 0. The highest BCUT2D eigenvalue weighted by atomic mass is 35.5. The second-order valence-corrected chi connectivity index (χ2v) is 9.86. The molecule has 0 spiro atoms. The zero-order valence-corrected chi connectivity index (χ0v) is 21.5. The first-order valence-corrected chi connectivity index (χ1v) is 12.2. The molecule has 0 aliphatic carbocycles. The van der Waals surface area contributed by atoms with Crippen molar-refractivity contribution in [2.45, 2.75) is 39.3 Å². The lowest BCUT2D eigenvalue weighted by atomic mass is 9.92. The lowest BCUT2D eigenvalue weighted by molar-refractivity contribution is -0.142. The van der Waals surface area contributed by atoms with Gasteiger partial charge in [-0.15, -0.1) is 0 Å². The van der Waals surface area contributed by atoms with Crippen LogP contribution in [0.5, 0.6) is 0 Å². The molecule has 12 heteroatoms. The van der Waals surface area contributed by atoms with Crippen molar-refractivity contribution in [2.24, 2.45) is 5.92 Å². The standard InChI is InChI=1S/C25H23Cl2F3N4O3/c1-12-10-18(25(28,29)30)32-34-14(3)22(31-24(12)34)23(37)20-17(26)5-4-16(21(20)27)13(2)33-8-6-15(7-9-33)11-19(35)36/h4-5,10,15H,2,6-9,11H2,1,3H3,(H,35,36). The van der Waals surface area contributed by atoms with Gasteiger partial charge in [0.2, 0.25) is 5.78 Å². The van der Waals surface area contributed by atoms with Crippen LogP contribution in [0.1, 0.15) is 57.8 Å². The second kappa shape index (κ2) is 9.98. The molecule has 37 heavy (non-hydrogen) atoms. The Morgan fingerprint density at radius 1 is 1.19 bits per heavy atom. The maximum Gasteiger partial charge on any atom is 0.435 e. The first-order valence-electron chi connectivity index (χ1n) is 11.4. The van der Waals surface area contributed by atoms with E-state index in [0.717, 1.165) is 10.6 Å². The molecular formula is C25H23Cl2F3N4O3. The van der Waals surface area contributed by atoms with E-state index in [9.17, 15) is 22.8 Å². The van der Waals surface area contributed by atoms with Crippen LogP contribution < -0.4 is 0 Å². The first kappa shape index (κ1) is 26.9. The van der Waals surface area contributed by atoms with Gasteiger partial charge in [0.25, 0.3) is 0 Å². The number of likely N-dealkylation sites (tertiary alicyclic amines) is 1. The summed E-state index contributed by atoms with van der Waals surface area (Å²) in [5.74, 6) is -1.41. The molecule has 1 saturated heterocycles. The Bertz CT molecular complexity index is 1430. The third kappa shape index (κ3) is 5.17. The van der Waals surface area contributed by atoms with Gasteiger partial charge in [-0.25, -0.2) is 9.50 Å². The van der Waals surface area contributed by atoms with Crippen molar-refractivity contribution < 1.29 is 27.9 Å². The quantitative estimate of drug-likeness (QED) is 0.372. The maximum absolute atomic E-state index is 13.6. The van der Waals surface area contributed by atoms with Crippen LogP contribution in [0.2, 0.25) is 10.0 Å². The third-order valence-corrected chi connectivity index (χ3v) is 7.29. The largest absolute Gasteiger partial charge is 0.481 e. The number of nitrogens with zero attached hydrogens (tertiary/aromatic N) is 4. The summed E-state index contributed by atoms with van der Waals surface area (Å²) in [6, 6.07) is 4.03. The molecular weight excluding hydrogens is 532 g/mol. The molecule has 2 aromatic heterocycles. The van der Waals surface area contributed by atoms with E-state index in [1.165, 1.54) is 19.9 Å². The van der Waals surface area contributed by atoms with Crippen LogP contribution in [0.25, 0.3) is 11.3 Å². The summed E-state index contributed by atoms with van der Waals surface area (Å²) in [6.45, 7) is 8.20. The number of imidazole rings is 1. The molecule has 0 radical (unpaired) electrons. The molecule has 4 rings (SSSR count). The number of ketones is 1. The topological polar surface area (TPSA) is 87.8 Å². The number of hydrogen-bond acceptors (Lipinski definition) is 5. The van der Waals surface area contributed by atoms with Crippen molar-refractivity contribution in [3.05, 3.63) is 68.6 Å². The average Bonchev–Trinajstić information content (AvgIpc) is 3.15. The molecule has 1 N–H and O–H groups in total. The van der Waals surface area contributed by atoms with E-state index in [1.807, 2.05) is 4.90 Å². The highest BCUT2D eigenvalue weighted by Gasteiger charge is 2.35. The Kier molecular flexibility index (Phi) is 7.27. The van der Waals surface area contributed by atoms with E-state index in [-0.39, 0.29) is 50.5 Å². The number of aryl methyl sites for hydroxylation is 2. The van der Waals surface area contributed by atoms with E-state index in [4.69, 9.17) is 28.3 Å². The lowest BCUT2D eigenvalue weighted by Gasteiger charge is -2.34. The normalized spacial score (nSPS) is 14.8. The SMILES string of the molecule is C=C(c1ccc(Cl)c(C(=O)c2nc3c(C)cc(C(F)(F)F)nn3c2C)c1Cl)N1CCC(CC(=O)O)CC1. The Hall–Kier alpha value is -3.11. The number of piperidine rings is 1. The average molecular weight is 555 g/mol. The minimum atomic E-state index is -4.66. The molecule has 196 valence electrons. The zero-order valence-electron chi connectivity index (χ0n) is 20.0. The lowest BCUT2D eigenvalue weighted by Crippen LogP contribution is -2.33. The monoisotopic (exact) mass is 554 g/mol. The van der Waals surface area contributed by atoms with Gasteiger partial charge in [0, 0.05) is 30.8 Å². The van der Waals surface area contributed by atoms with E-state index >= 15 is 0 Å². The summed E-state index contributed by atoms with van der Waals surface area (Å²) in [6.07, 6.45) is -3.20. The molecule has 0 amide bonds. The number of benzene rings is 1. The molecule has 0 saturated carbocycles. The molecule has 1 fully saturated rings. The molecule has 1 aliphatic heterocycles. The first-order chi connectivity index (χ1) is 17.3. The van der Waals surface area contributed by atoms with Crippen molar-refractivity contribution >= 4 is 46.3 Å². The van der Waals surface area contributed by atoms with Crippen LogP contribution in [0.15, 0.2) is 24.8 Å². The fourth-order valence-electron chi connectivity index (χ4n) is 4.56. The van der Waals surface area contributed by atoms with Crippen LogP contribution >= 0.6 is 23.2 Å². The minimum Gasteiger partial charge on any atom is -0.481 e. The number of halogens is 5. The number of carboxylic acid groups (broad SMARTS) is 1. The zero-order chi connectivity index (χ0) is 27.2. The predicted molar refractivity (Wildman–Crippen MR) is 133 cm³/mol. The van der Waals surface area contributed by atoms with Crippen molar-refractivity contribution in [1.29, 1.82) is 0 Å². The summed E-state index contributed by atoms with van der Waals surface area (Å²) in [5, 5.41) is 12.8. The van der Waals surface area contributed by atoms with Crippen LogP contribution in [0.4, 0.5) is 13.2 Å². The van der Waals surface area contributed by atoms with Gasteiger partial charge in [0.15, 0.2) is 11.3 Å². The molecule has 0 bridgehead atoms. The van der Waals surface area contributed by atoms with Gasteiger partial charge < -0.3 is 10.0 Å². The molecule has 0 unspecified atom stereocenters. The van der Waals surface area contributed by atoms with Crippen molar-refractivity contribution in [3.8, 4) is 0 Å². The van der Waals surface area contributed by atoms with Crippen LogP contribution in [-0.2, 0) is 11.0 Å². The smallest absolute Gasteiger partial charge is 0.435 e. The summed E-state index contributed by atoms with van der Waals surface area (Å²) >= 11 is 13.0. The van der Waals surface area contributed by atoms with Crippen LogP contribution in [-0.4, -0.2) is 49.4 Å². The van der Waals surface area contributed by atoms with Crippen molar-refractivity contribution in [3.63, 3.8) is 0 Å².